The molecule has 3 N–H and O–H groups in total. The molecule has 3 rings (SSSR count). The Bertz CT molecular complexity index is 834. The average Bonchev–Trinajstić information content (AvgIpc) is 3.26. The Morgan fingerprint density at radius 1 is 1.29 bits per heavy atom. The summed E-state index contributed by atoms with van der Waals surface area (Å²) in [6.45, 7) is 0. The summed E-state index contributed by atoms with van der Waals surface area (Å²) in [6.07, 6.45) is 16.0. The molecule has 1 saturated carbocycles. The molecule has 0 spiro atoms. The second kappa shape index (κ2) is 11.5. The number of rotatable bonds is 12. The number of carbonyl (C=O) groups is 1. The second-order valence-electron chi connectivity index (χ2n) is 8.83. The Kier molecular flexibility index (Phi) is 8.96. The van der Waals surface area contributed by atoms with Crippen LogP contribution in [0.1, 0.15) is 69.1 Å². The Balaban J connectivity index is 1.54. The Hall–Kier alpha value is -1.40. The summed E-state index contributed by atoms with van der Waals surface area (Å²) in [6, 6.07) is 3.99. The lowest BCUT2D eigenvalue weighted by atomic mass is 9.62. The SMILES string of the molecule is O=C(O)CCC/C=C\CC1=C(/C=C/C[C@H](O)C2(Cc3ccc(Cl)s3)CCC2)[C@H](O)CC1. The summed E-state index contributed by atoms with van der Waals surface area (Å²) in [5, 5.41) is 30.0. The number of unbranched alkanes of at least 4 members (excludes halogenated alkanes) is 1. The molecule has 1 aromatic heterocycles. The first-order valence-corrected chi connectivity index (χ1v) is 12.4. The van der Waals surface area contributed by atoms with E-state index in [1.807, 2.05) is 24.3 Å². The van der Waals surface area contributed by atoms with Gasteiger partial charge in [-0.25, -0.2) is 0 Å². The number of carboxylic acid groups (broad SMARTS) is 1. The molecule has 4 nitrogen and oxygen atoms in total. The Morgan fingerprint density at radius 3 is 2.74 bits per heavy atom. The van der Waals surface area contributed by atoms with Gasteiger partial charge in [-0.15, -0.1) is 11.3 Å². The predicted octanol–water partition coefficient (Wildman–Crippen LogP) is 6.07. The van der Waals surface area contributed by atoms with E-state index in [9.17, 15) is 15.0 Å². The first-order chi connectivity index (χ1) is 14.9. The van der Waals surface area contributed by atoms with Crippen LogP contribution >= 0.6 is 22.9 Å². The van der Waals surface area contributed by atoms with Crippen LogP contribution in [0.15, 0.2) is 47.6 Å². The van der Waals surface area contributed by atoms with E-state index in [1.165, 1.54) is 10.5 Å². The molecule has 0 bridgehead atoms. The van der Waals surface area contributed by atoms with E-state index in [0.29, 0.717) is 12.8 Å². The van der Waals surface area contributed by atoms with Gasteiger partial charge in [0.2, 0.25) is 0 Å². The highest BCUT2D eigenvalue weighted by atomic mass is 35.5. The van der Waals surface area contributed by atoms with Gasteiger partial charge in [-0.05, 0) is 75.5 Å². The van der Waals surface area contributed by atoms with E-state index >= 15 is 0 Å². The third-order valence-corrected chi connectivity index (χ3v) is 7.88. The molecule has 1 heterocycles. The first-order valence-electron chi connectivity index (χ1n) is 11.3. The van der Waals surface area contributed by atoms with Crippen molar-refractivity contribution in [2.75, 3.05) is 0 Å². The van der Waals surface area contributed by atoms with E-state index in [1.54, 1.807) is 11.3 Å². The number of halogens is 1. The van der Waals surface area contributed by atoms with E-state index in [2.05, 4.69) is 12.1 Å². The van der Waals surface area contributed by atoms with E-state index in [4.69, 9.17) is 16.7 Å². The van der Waals surface area contributed by atoms with Crippen molar-refractivity contribution in [3.05, 3.63) is 56.8 Å². The van der Waals surface area contributed by atoms with Crippen molar-refractivity contribution in [3.63, 3.8) is 0 Å². The minimum absolute atomic E-state index is 0.0529. The van der Waals surface area contributed by atoms with Crippen LogP contribution in [0.4, 0.5) is 0 Å². The van der Waals surface area contributed by atoms with Gasteiger partial charge in [0.25, 0.3) is 0 Å². The van der Waals surface area contributed by atoms with Crippen LogP contribution in [0.25, 0.3) is 0 Å². The predicted molar refractivity (Wildman–Crippen MR) is 127 cm³/mol. The molecule has 2 aliphatic rings. The molecule has 2 atom stereocenters. The number of aliphatic hydroxyl groups is 2. The number of aliphatic carboxylic acids is 1. The van der Waals surface area contributed by atoms with Gasteiger partial charge >= 0.3 is 5.97 Å². The zero-order valence-electron chi connectivity index (χ0n) is 17.9. The largest absolute Gasteiger partial charge is 0.481 e. The number of aliphatic hydroxyl groups excluding tert-OH is 2. The van der Waals surface area contributed by atoms with Gasteiger partial charge in [0, 0.05) is 16.7 Å². The number of allylic oxidation sites excluding steroid dienone is 3. The van der Waals surface area contributed by atoms with E-state index in [0.717, 1.165) is 61.3 Å². The van der Waals surface area contributed by atoms with Gasteiger partial charge in [-0.3, -0.25) is 4.79 Å². The standard InChI is InChI=1S/C25H33ClO4S/c26-23-14-12-19(31-23)17-25(15-6-16-25)22(28)9-5-8-20-18(11-13-21(20)27)7-3-1-2-4-10-24(29)30/h1,3,5,8,12,14,21-22,27-28H,2,4,6-7,9-11,13,15-17H2,(H,29,30)/b3-1-,8-5+/t21-,22+/m1/s1. The molecular weight excluding hydrogens is 432 g/mol. The monoisotopic (exact) mass is 464 g/mol. The highest BCUT2D eigenvalue weighted by molar-refractivity contribution is 7.16. The molecule has 0 amide bonds. The van der Waals surface area contributed by atoms with Crippen LogP contribution in [0.5, 0.6) is 0 Å². The molecule has 1 fully saturated rings. The van der Waals surface area contributed by atoms with E-state index < -0.39 is 18.2 Å². The third-order valence-electron chi connectivity index (χ3n) is 6.65. The van der Waals surface area contributed by atoms with Gasteiger partial charge in [0.1, 0.15) is 0 Å². The summed E-state index contributed by atoms with van der Waals surface area (Å²) in [7, 11) is 0. The first kappa shape index (κ1) is 24.2. The smallest absolute Gasteiger partial charge is 0.303 e. The fourth-order valence-corrected chi connectivity index (χ4v) is 5.88. The minimum Gasteiger partial charge on any atom is -0.481 e. The second-order valence-corrected chi connectivity index (χ2v) is 10.6. The highest BCUT2D eigenvalue weighted by Gasteiger charge is 2.43. The van der Waals surface area contributed by atoms with Gasteiger partial charge < -0.3 is 15.3 Å². The van der Waals surface area contributed by atoms with Crippen molar-refractivity contribution in [1.82, 2.24) is 0 Å². The van der Waals surface area contributed by atoms with Crippen LogP contribution in [0, 0.1) is 5.41 Å². The van der Waals surface area contributed by atoms with Crippen molar-refractivity contribution in [1.29, 1.82) is 0 Å². The lowest BCUT2D eigenvalue weighted by Gasteiger charge is -2.45. The maximum atomic E-state index is 10.9. The molecule has 0 saturated heterocycles. The van der Waals surface area contributed by atoms with Crippen LogP contribution in [-0.4, -0.2) is 33.5 Å². The molecule has 0 aromatic carbocycles. The number of hydrogen-bond donors (Lipinski definition) is 3. The molecule has 170 valence electrons. The van der Waals surface area contributed by atoms with Crippen molar-refractivity contribution < 1.29 is 20.1 Å². The zero-order chi connectivity index (χ0) is 22.3. The molecule has 6 heteroatoms. The van der Waals surface area contributed by atoms with Crippen LogP contribution in [0.2, 0.25) is 4.34 Å². The Morgan fingerprint density at radius 2 is 2.10 bits per heavy atom. The number of hydrogen-bond acceptors (Lipinski definition) is 4. The summed E-state index contributed by atoms with van der Waals surface area (Å²) in [4.78, 5) is 11.8. The minimum atomic E-state index is -0.757. The number of carboxylic acids is 1. The van der Waals surface area contributed by atoms with Crippen LogP contribution in [-0.2, 0) is 11.2 Å². The van der Waals surface area contributed by atoms with Gasteiger partial charge in [0.15, 0.2) is 0 Å². The van der Waals surface area contributed by atoms with Crippen molar-refractivity contribution >= 4 is 28.9 Å². The van der Waals surface area contributed by atoms with E-state index in [-0.39, 0.29) is 11.8 Å². The number of thiophene rings is 1. The van der Waals surface area contributed by atoms with Crippen molar-refractivity contribution in [2.45, 2.75) is 82.8 Å². The molecule has 1 aromatic rings. The topological polar surface area (TPSA) is 77.8 Å². The molecule has 0 radical (unpaired) electrons. The third kappa shape index (κ3) is 6.79. The summed E-state index contributed by atoms with van der Waals surface area (Å²) in [5.74, 6) is -0.757. The van der Waals surface area contributed by atoms with Gasteiger partial charge in [0.05, 0.1) is 16.5 Å². The highest BCUT2D eigenvalue weighted by Crippen LogP contribution is 2.48. The van der Waals surface area contributed by atoms with Crippen molar-refractivity contribution in [3.8, 4) is 0 Å². The van der Waals surface area contributed by atoms with Crippen molar-refractivity contribution in [2.24, 2.45) is 5.41 Å². The van der Waals surface area contributed by atoms with Crippen LogP contribution < -0.4 is 0 Å². The molecule has 0 aliphatic heterocycles. The maximum Gasteiger partial charge on any atom is 0.303 e. The fraction of sp³-hybridized carbons (Fsp3) is 0.560. The van der Waals surface area contributed by atoms with Gasteiger partial charge in [-0.1, -0.05) is 47.9 Å². The average molecular weight is 465 g/mol. The zero-order valence-corrected chi connectivity index (χ0v) is 19.5. The molecule has 2 aliphatic carbocycles. The Labute approximate surface area is 194 Å². The fourth-order valence-electron chi connectivity index (χ4n) is 4.64. The molecule has 31 heavy (non-hydrogen) atoms. The summed E-state index contributed by atoms with van der Waals surface area (Å²) in [5.41, 5.74) is 2.16. The maximum absolute atomic E-state index is 10.9. The van der Waals surface area contributed by atoms with Crippen LogP contribution in [0.3, 0.4) is 0 Å². The lowest BCUT2D eigenvalue weighted by Crippen LogP contribution is -2.42. The molecule has 0 unspecified atom stereocenters. The molecular formula is C25H33ClO4S. The normalized spacial score (nSPS) is 21.8. The van der Waals surface area contributed by atoms with Gasteiger partial charge in [-0.2, -0.15) is 0 Å². The summed E-state index contributed by atoms with van der Waals surface area (Å²) >= 11 is 7.68. The summed E-state index contributed by atoms with van der Waals surface area (Å²) < 4.78 is 0.796. The quantitative estimate of drug-likeness (QED) is 0.259. The lowest BCUT2D eigenvalue weighted by molar-refractivity contribution is -0.137.